The average molecular weight is 260 g/mol. The molecule has 0 radical (unpaired) electrons. The molecular weight excluding hydrogens is 244 g/mol. The van der Waals surface area contributed by atoms with Gasteiger partial charge in [0.1, 0.15) is 6.61 Å². The molecule has 0 N–H and O–H groups in total. The van der Waals surface area contributed by atoms with Crippen LogP contribution in [0.25, 0.3) is 0 Å². The van der Waals surface area contributed by atoms with E-state index in [1.807, 2.05) is 0 Å². The van der Waals surface area contributed by atoms with Crippen molar-refractivity contribution in [2.24, 2.45) is 0 Å². The average Bonchev–Trinajstić information content (AvgIpc) is 2.56. The highest BCUT2D eigenvalue weighted by molar-refractivity contribution is 5.67. The fraction of sp³-hybridized carbons (Fsp3) is 0.727. The maximum atomic E-state index is 10.9. The highest BCUT2D eigenvalue weighted by Gasteiger charge is 2.40. The molecule has 1 saturated heterocycles. The maximum Gasteiger partial charge on any atom is 0.305 e. The van der Waals surface area contributed by atoms with E-state index in [1.54, 1.807) is 0 Å². The molecule has 0 aliphatic carbocycles. The van der Waals surface area contributed by atoms with Crippen molar-refractivity contribution in [3.8, 4) is 0 Å². The molecule has 1 aliphatic heterocycles. The fourth-order valence-electron chi connectivity index (χ4n) is 1.60. The Morgan fingerprint density at radius 1 is 1.06 bits per heavy atom. The second-order valence-corrected chi connectivity index (χ2v) is 3.92. The lowest BCUT2D eigenvalue weighted by molar-refractivity contribution is -0.196. The van der Waals surface area contributed by atoms with E-state index in [9.17, 15) is 14.4 Å². The smallest absolute Gasteiger partial charge is 0.305 e. The van der Waals surface area contributed by atoms with Crippen LogP contribution < -0.4 is 0 Å². The SMILES string of the molecule is CC(=O)OC[C@H]1C[C@H](OC(C)=O)C(OC(C)=O)O1. The Balaban J connectivity index is 2.54. The van der Waals surface area contributed by atoms with Gasteiger partial charge in [-0.25, -0.2) is 0 Å². The second kappa shape index (κ2) is 6.34. The summed E-state index contributed by atoms with van der Waals surface area (Å²) in [7, 11) is 0. The Bertz CT molecular complexity index is 314. The zero-order chi connectivity index (χ0) is 13.7. The first kappa shape index (κ1) is 14.4. The van der Waals surface area contributed by atoms with Gasteiger partial charge in [-0.2, -0.15) is 0 Å². The van der Waals surface area contributed by atoms with E-state index in [-0.39, 0.29) is 6.61 Å². The van der Waals surface area contributed by atoms with Gasteiger partial charge in [0.05, 0.1) is 6.10 Å². The van der Waals surface area contributed by atoms with Gasteiger partial charge in [-0.1, -0.05) is 0 Å². The monoisotopic (exact) mass is 260 g/mol. The van der Waals surface area contributed by atoms with Crippen molar-refractivity contribution in [3.63, 3.8) is 0 Å². The summed E-state index contributed by atoms with van der Waals surface area (Å²) >= 11 is 0. The minimum absolute atomic E-state index is 0.0326. The van der Waals surface area contributed by atoms with Gasteiger partial charge < -0.3 is 18.9 Å². The van der Waals surface area contributed by atoms with E-state index >= 15 is 0 Å². The van der Waals surface area contributed by atoms with Gasteiger partial charge in [0, 0.05) is 27.2 Å². The topological polar surface area (TPSA) is 88.1 Å². The van der Waals surface area contributed by atoms with Crippen LogP contribution in [0.2, 0.25) is 0 Å². The lowest BCUT2D eigenvalue weighted by atomic mass is 10.2. The maximum absolute atomic E-state index is 10.9. The number of carbonyl (C=O) groups is 3. The summed E-state index contributed by atoms with van der Waals surface area (Å²) in [6.07, 6.45) is -1.77. The fourth-order valence-corrected chi connectivity index (χ4v) is 1.60. The highest BCUT2D eigenvalue weighted by atomic mass is 16.7. The van der Waals surface area contributed by atoms with Gasteiger partial charge in [-0.05, 0) is 0 Å². The first-order valence-electron chi connectivity index (χ1n) is 5.51. The van der Waals surface area contributed by atoms with Gasteiger partial charge in [-0.15, -0.1) is 0 Å². The molecule has 0 aromatic rings. The predicted molar refractivity (Wildman–Crippen MR) is 57.2 cm³/mol. The Labute approximate surface area is 104 Å². The molecular formula is C11H16O7. The van der Waals surface area contributed by atoms with Crippen molar-refractivity contribution in [2.45, 2.75) is 45.7 Å². The molecule has 1 aliphatic rings. The molecule has 0 spiro atoms. The van der Waals surface area contributed by atoms with Crippen LogP contribution >= 0.6 is 0 Å². The third kappa shape index (κ3) is 4.70. The number of hydrogen-bond acceptors (Lipinski definition) is 7. The molecule has 1 rings (SSSR count). The molecule has 102 valence electrons. The summed E-state index contributed by atoms with van der Waals surface area (Å²) in [6.45, 7) is 3.80. The zero-order valence-corrected chi connectivity index (χ0v) is 10.5. The second-order valence-electron chi connectivity index (χ2n) is 3.92. The van der Waals surface area contributed by atoms with Crippen LogP contribution in [0.15, 0.2) is 0 Å². The molecule has 1 fully saturated rings. The molecule has 0 bridgehead atoms. The number of esters is 3. The van der Waals surface area contributed by atoms with E-state index in [4.69, 9.17) is 18.9 Å². The van der Waals surface area contributed by atoms with Crippen molar-refractivity contribution in [1.82, 2.24) is 0 Å². The third-order valence-electron chi connectivity index (χ3n) is 2.20. The Hall–Kier alpha value is -1.63. The Morgan fingerprint density at radius 2 is 1.67 bits per heavy atom. The van der Waals surface area contributed by atoms with E-state index in [1.165, 1.54) is 20.8 Å². The summed E-state index contributed by atoms with van der Waals surface area (Å²) in [5.74, 6) is -1.46. The predicted octanol–water partition coefficient (Wildman–Crippen LogP) is 0.159. The van der Waals surface area contributed by atoms with Gasteiger partial charge >= 0.3 is 17.9 Å². The molecule has 18 heavy (non-hydrogen) atoms. The third-order valence-corrected chi connectivity index (χ3v) is 2.20. The molecule has 0 amide bonds. The van der Waals surface area contributed by atoms with Gasteiger partial charge in [-0.3, -0.25) is 14.4 Å². The lowest BCUT2D eigenvalue weighted by Crippen LogP contribution is -2.30. The lowest BCUT2D eigenvalue weighted by Gasteiger charge is -2.17. The van der Waals surface area contributed by atoms with Gasteiger partial charge in [0.25, 0.3) is 0 Å². The molecule has 1 unspecified atom stereocenters. The van der Waals surface area contributed by atoms with Crippen LogP contribution in [0, 0.1) is 0 Å². The van der Waals surface area contributed by atoms with Crippen LogP contribution in [-0.4, -0.2) is 43.0 Å². The number of rotatable bonds is 4. The molecule has 0 saturated carbocycles. The first-order chi connectivity index (χ1) is 8.38. The van der Waals surface area contributed by atoms with Crippen LogP contribution in [0.4, 0.5) is 0 Å². The van der Waals surface area contributed by atoms with E-state index in [2.05, 4.69) is 0 Å². The van der Waals surface area contributed by atoms with Crippen molar-refractivity contribution in [3.05, 3.63) is 0 Å². The van der Waals surface area contributed by atoms with E-state index < -0.39 is 36.4 Å². The van der Waals surface area contributed by atoms with Gasteiger partial charge in [0.15, 0.2) is 6.10 Å². The molecule has 0 aromatic heterocycles. The van der Waals surface area contributed by atoms with Crippen molar-refractivity contribution >= 4 is 17.9 Å². The first-order valence-corrected chi connectivity index (χ1v) is 5.51. The van der Waals surface area contributed by atoms with Crippen molar-refractivity contribution in [2.75, 3.05) is 6.61 Å². The molecule has 7 nitrogen and oxygen atoms in total. The number of hydrogen-bond donors (Lipinski definition) is 0. The van der Waals surface area contributed by atoms with Crippen molar-refractivity contribution in [1.29, 1.82) is 0 Å². The summed E-state index contributed by atoms with van der Waals surface area (Å²) in [6, 6.07) is 0. The summed E-state index contributed by atoms with van der Waals surface area (Å²) < 4.78 is 20.0. The zero-order valence-electron chi connectivity index (χ0n) is 10.5. The van der Waals surface area contributed by atoms with E-state index in [0.717, 1.165) is 0 Å². The van der Waals surface area contributed by atoms with Gasteiger partial charge in [0.2, 0.25) is 6.29 Å². The quantitative estimate of drug-likeness (QED) is 0.525. The summed E-state index contributed by atoms with van der Waals surface area (Å²) in [4.78, 5) is 32.4. The standard InChI is InChI=1S/C11H16O7/c1-6(12)15-5-9-4-10(16-7(2)13)11(18-9)17-8(3)14/h9-11H,4-5H2,1-3H3/t9-,10+,11?/m1/s1. The van der Waals surface area contributed by atoms with E-state index in [0.29, 0.717) is 6.42 Å². The minimum atomic E-state index is -0.952. The summed E-state index contributed by atoms with van der Waals surface area (Å²) in [5.41, 5.74) is 0. The minimum Gasteiger partial charge on any atom is -0.463 e. The Kier molecular flexibility index (Phi) is 5.08. The molecule has 7 heteroatoms. The molecule has 1 heterocycles. The highest BCUT2D eigenvalue weighted by Crippen LogP contribution is 2.24. The summed E-state index contributed by atoms with van der Waals surface area (Å²) in [5, 5.41) is 0. The van der Waals surface area contributed by atoms with Crippen LogP contribution in [0.1, 0.15) is 27.2 Å². The van der Waals surface area contributed by atoms with Crippen LogP contribution in [0.3, 0.4) is 0 Å². The number of ether oxygens (including phenoxy) is 4. The normalized spacial score (nSPS) is 26.5. The molecule has 0 aromatic carbocycles. The van der Waals surface area contributed by atoms with Crippen molar-refractivity contribution < 1.29 is 33.3 Å². The number of carbonyl (C=O) groups excluding carboxylic acids is 3. The Morgan fingerprint density at radius 3 is 2.17 bits per heavy atom. The molecule has 3 atom stereocenters. The largest absolute Gasteiger partial charge is 0.463 e. The van der Waals surface area contributed by atoms with Crippen LogP contribution in [-0.2, 0) is 33.3 Å². The van der Waals surface area contributed by atoms with Crippen LogP contribution in [0.5, 0.6) is 0 Å².